The minimum absolute atomic E-state index is 0.0456. The third kappa shape index (κ3) is 2.62. The van der Waals surface area contributed by atoms with Gasteiger partial charge in [-0.3, -0.25) is 4.79 Å². The molecule has 0 atom stereocenters. The van der Waals surface area contributed by atoms with Crippen LogP contribution in [0.25, 0.3) is 0 Å². The van der Waals surface area contributed by atoms with Crippen molar-refractivity contribution in [2.45, 2.75) is 13.8 Å². The molecule has 0 spiro atoms. The Balaban J connectivity index is 2.44. The van der Waals surface area contributed by atoms with Gasteiger partial charge in [0.1, 0.15) is 0 Å². The lowest BCUT2D eigenvalue weighted by atomic mass is 10.0. The second-order valence-corrected chi connectivity index (χ2v) is 6.86. The predicted octanol–water partition coefficient (Wildman–Crippen LogP) is 5.01. The van der Waals surface area contributed by atoms with Crippen molar-refractivity contribution < 1.29 is 4.79 Å². The van der Waals surface area contributed by atoms with E-state index in [4.69, 9.17) is 11.6 Å². The van der Waals surface area contributed by atoms with Crippen LogP contribution >= 0.6 is 38.9 Å². The SMILES string of the molecule is Cc1cc(C(=O)c2cc(Br)sc2C)ccc1Cl. The number of thiophene rings is 1. The average Bonchev–Trinajstić information content (AvgIpc) is 2.61. The van der Waals surface area contributed by atoms with E-state index in [1.165, 1.54) is 0 Å². The molecule has 0 saturated heterocycles. The molecule has 0 fully saturated rings. The Morgan fingerprint density at radius 3 is 2.53 bits per heavy atom. The molecule has 0 unspecified atom stereocenters. The number of hydrogen-bond acceptors (Lipinski definition) is 2. The van der Waals surface area contributed by atoms with Gasteiger partial charge < -0.3 is 0 Å². The molecule has 0 N–H and O–H groups in total. The third-order valence-electron chi connectivity index (χ3n) is 2.55. The van der Waals surface area contributed by atoms with Crippen LogP contribution in [0.1, 0.15) is 26.4 Å². The fourth-order valence-electron chi connectivity index (χ4n) is 1.61. The second-order valence-electron chi connectivity index (χ2n) is 3.81. The summed E-state index contributed by atoms with van der Waals surface area (Å²) in [6.45, 7) is 3.85. The highest BCUT2D eigenvalue weighted by Gasteiger charge is 2.15. The van der Waals surface area contributed by atoms with E-state index >= 15 is 0 Å². The number of benzene rings is 1. The Labute approximate surface area is 118 Å². The zero-order valence-corrected chi connectivity index (χ0v) is 12.5. The van der Waals surface area contributed by atoms with Gasteiger partial charge in [0.15, 0.2) is 5.78 Å². The molecule has 1 aromatic heterocycles. The molecule has 17 heavy (non-hydrogen) atoms. The van der Waals surface area contributed by atoms with Crippen LogP contribution in [-0.4, -0.2) is 5.78 Å². The van der Waals surface area contributed by atoms with Gasteiger partial charge in [-0.15, -0.1) is 11.3 Å². The average molecular weight is 330 g/mol. The fourth-order valence-corrected chi connectivity index (χ4v) is 3.42. The molecule has 0 aliphatic rings. The highest BCUT2D eigenvalue weighted by atomic mass is 79.9. The molecule has 2 aromatic rings. The molecular formula is C13H10BrClOS. The summed E-state index contributed by atoms with van der Waals surface area (Å²) in [5.74, 6) is 0.0456. The first-order chi connectivity index (χ1) is 7.99. The minimum Gasteiger partial charge on any atom is -0.289 e. The summed E-state index contributed by atoms with van der Waals surface area (Å²) in [5, 5.41) is 0.685. The molecule has 2 rings (SSSR count). The summed E-state index contributed by atoms with van der Waals surface area (Å²) < 4.78 is 0.976. The predicted molar refractivity (Wildman–Crippen MR) is 76.4 cm³/mol. The lowest BCUT2D eigenvalue weighted by Gasteiger charge is -2.03. The molecular weight excluding hydrogens is 320 g/mol. The van der Waals surface area contributed by atoms with Gasteiger partial charge in [-0.05, 0) is 59.6 Å². The molecule has 1 heterocycles. The summed E-state index contributed by atoms with van der Waals surface area (Å²) in [6, 6.07) is 7.23. The van der Waals surface area contributed by atoms with Crippen LogP contribution in [0.2, 0.25) is 5.02 Å². The van der Waals surface area contributed by atoms with Gasteiger partial charge in [0, 0.05) is 21.0 Å². The number of aryl methyl sites for hydroxylation is 2. The van der Waals surface area contributed by atoms with E-state index in [1.54, 1.807) is 23.5 Å². The van der Waals surface area contributed by atoms with E-state index in [9.17, 15) is 4.79 Å². The number of halogens is 2. The third-order valence-corrected chi connectivity index (χ3v) is 4.53. The molecule has 1 aromatic carbocycles. The molecule has 88 valence electrons. The molecule has 4 heteroatoms. The van der Waals surface area contributed by atoms with Crippen LogP contribution in [0.5, 0.6) is 0 Å². The summed E-state index contributed by atoms with van der Waals surface area (Å²) in [5.41, 5.74) is 2.35. The maximum atomic E-state index is 12.3. The summed E-state index contributed by atoms with van der Waals surface area (Å²) in [6.07, 6.45) is 0. The summed E-state index contributed by atoms with van der Waals surface area (Å²) >= 11 is 10.9. The van der Waals surface area contributed by atoms with Gasteiger partial charge in [0.25, 0.3) is 0 Å². The number of carbonyl (C=O) groups is 1. The van der Waals surface area contributed by atoms with Crippen LogP contribution in [-0.2, 0) is 0 Å². The number of ketones is 1. The van der Waals surface area contributed by atoms with E-state index in [2.05, 4.69) is 15.9 Å². The van der Waals surface area contributed by atoms with Crippen LogP contribution in [0.3, 0.4) is 0 Å². The molecule has 0 saturated carbocycles. The number of carbonyl (C=O) groups excluding carboxylic acids is 1. The summed E-state index contributed by atoms with van der Waals surface area (Å²) in [7, 11) is 0. The van der Waals surface area contributed by atoms with E-state index in [1.807, 2.05) is 26.0 Å². The van der Waals surface area contributed by atoms with E-state index < -0.39 is 0 Å². The van der Waals surface area contributed by atoms with Crippen molar-refractivity contribution in [2.24, 2.45) is 0 Å². The van der Waals surface area contributed by atoms with Crippen molar-refractivity contribution >= 4 is 44.7 Å². The van der Waals surface area contributed by atoms with E-state index in [0.717, 1.165) is 19.8 Å². The van der Waals surface area contributed by atoms with Gasteiger partial charge in [0.2, 0.25) is 0 Å². The first-order valence-electron chi connectivity index (χ1n) is 5.06. The van der Waals surface area contributed by atoms with Crippen LogP contribution in [0.15, 0.2) is 28.1 Å². The Kier molecular flexibility index (Phi) is 3.71. The monoisotopic (exact) mass is 328 g/mol. The van der Waals surface area contributed by atoms with Gasteiger partial charge in [-0.25, -0.2) is 0 Å². The van der Waals surface area contributed by atoms with E-state index in [0.29, 0.717) is 10.6 Å². The Morgan fingerprint density at radius 1 is 1.29 bits per heavy atom. The first-order valence-corrected chi connectivity index (χ1v) is 7.04. The topological polar surface area (TPSA) is 17.1 Å². The number of rotatable bonds is 2. The van der Waals surface area contributed by atoms with Crippen molar-refractivity contribution in [3.8, 4) is 0 Å². The lowest BCUT2D eigenvalue weighted by Crippen LogP contribution is -2.01. The smallest absolute Gasteiger partial charge is 0.194 e. The maximum absolute atomic E-state index is 12.3. The van der Waals surface area contributed by atoms with Crippen molar-refractivity contribution in [2.75, 3.05) is 0 Å². The van der Waals surface area contributed by atoms with Crippen molar-refractivity contribution in [3.63, 3.8) is 0 Å². The Hall–Kier alpha value is -0.640. The fraction of sp³-hybridized carbons (Fsp3) is 0.154. The quantitative estimate of drug-likeness (QED) is 0.708. The van der Waals surface area contributed by atoms with Crippen molar-refractivity contribution in [1.82, 2.24) is 0 Å². The molecule has 0 amide bonds. The molecule has 0 aliphatic carbocycles. The molecule has 0 aliphatic heterocycles. The summed E-state index contributed by atoms with van der Waals surface area (Å²) in [4.78, 5) is 13.3. The van der Waals surface area contributed by atoms with Crippen molar-refractivity contribution in [3.05, 3.63) is 54.6 Å². The minimum atomic E-state index is 0.0456. The van der Waals surface area contributed by atoms with Gasteiger partial charge in [0.05, 0.1) is 3.79 Å². The molecule has 0 bridgehead atoms. The highest BCUT2D eigenvalue weighted by Crippen LogP contribution is 2.28. The van der Waals surface area contributed by atoms with Crippen LogP contribution < -0.4 is 0 Å². The maximum Gasteiger partial charge on any atom is 0.194 e. The normalized spacial score (nSPS) is 10.6. The second kappa shape index (κ2) is 4.92. The first kappa shape index (κ1) is 12.8. The van der Waals surface area contributed by atoms with Gasteiger partial charge in [-0.2, -0.15) is 0 Å². The van der Waals surface area contributed by atoms with Crippen LogP contribution in [0.4, 0.5) is 0 Å². The Morgan fingerprint density at radius 2 is 2.00 bits per heavy atom. The largest absolute Gasteiger partial charge is 0.289 e. The Bertz CT molecular complexity index is 589. The molecule has 0 radical (unpaired) electrons. The lowest BCUT2D eigenvalue weighted by molar-refractivity contribution is 0.103. The van der Waals surface area contributed by atoms with E-state index in [-0.39, 0.29) is 5.78 Å². The van der Waals surface area contributed by atoms with Gasteiger partial charge in [-0.1, -0.05) is 11.6 Å². The number of hydrogen-bond donors (Lipinski definition) is 0. The van der Waals surface area contributed by atoms with Crippen LogP contribution in [0, 0.1) is 13.8 Å². The molecule has 1 nitrogen and oxygen atoms in total. The van der Waals surface area contributed by atoms with Crippen molar-refractivity contribution in [1.29, 1.82) is 0 Å². The zero-order chi connectivity index (χ0) is 12.6. The standard InChI is InChI=1S/C13H10BrClOS/c1-7-5-9(3-4-11(7)15)13(16)10-6-12(14)17-8(10)2/h3-6H,1-2H3. The van der Waals surface area contributed by atoms with Gasteiger partial charge >= 0.3 is 0 Å². The zero-order valence-electron chi connectivity index (χ0n) is 9.38. The highest BCUT2D eigenvalue weighted by molar-refractivity contribution is 9.11.